The molecule has 0 aliphatic heterocycles. The van der Waals surface area contributed by atoms with Crippen LogP contribution in [0.1, 0.15) is 0 Å². The van der Waals surface area contributed by atoms with E-state index < -0.39 is 5.82 Å². The molecule has 0 saturated heterocycles. The Bertz CT molecular complexity index is 275. The Hall–Kier alpha value is 0.0800. The summed E-state index contributed by atoms with van der Waals surface area (Å²) in [6.07, 6.45) is 1.75. The normalized spacial score (nSPS) is 10.2. The topological polar surface area (TPSA) is 0 Å². The molecular formula is C7H5Cl2FS. The maximum absolute atomic E-state index is 13.0. The minimum atomic E-state index is -0.438. The van der Waals surface area contributed by atoms with Crippen LogP contribution in [0.15, 0.2) is 17.0 Å². The van der Waals surface area contributed by atoms with Crippen molar-refractivity contribution in [3.8, 4) is 0 Å². The van der Waals surface area contributed by atoms with Crippen LogP contribution < -0.4 is 0 Å². The first kappa shape index (κ1) is 9.17. The number of hydrogen-bond acceptors (Lipinski definition) is 1. The average Bonchev–Trinajstić information content (AvgIpc) is 1.99. The van der Waals surface area contributed by atoms with Crippen LogP contribution in [0.25, 0.3) is 0 Å². The number of benzene rings is 1. The second kappa shape index (κ2) is 3.65. The molecule has 0 fully saturated rings. The van der Waals surface area contributed by atoms with E-state index in [0.717, 1.165) is 0 Å². The molecule has 0 heterocycles. The third-order valence-corrected chi connectivity index (χ3v) is 2.73. The fourth-order valence-electron chi connectivity index (χ4n) is 0.696. The highest BCUT2D eigenvalue weighted by Crippen LogP contribution is 2.31. The summed E-state index contributed by atoms with van der Waals surface area (Å²) in [7, 11) is 0. The molecule has 0 radical (unpaired) electrons. The zero-order valence-electron chi connectivity index (χ0n) is 5.70. The van der Waals surface area contributed by atoms with Gasteiger partial charge in [0, 0.05) is 0 Å². The predicted octanol–water partition coefficient (Wildman–Crippen LogP) is 3.85. The van der Waals surface area contributed by atoms with Crippen molar-refractivity contribution in [1.29, 1.82) is 0 Å². The molecule has 0 aliphatic carbocycles. The summed E-state index contributed by atoms with van der Waals surface area (Å²) in [4.78, 5) is 0.402. The van der Waals surface area contributed by atoms with Crippen molar-refractivity contribution in [3.63, 3.8) is 0 Å². The minimum Gasteiger partial charge on any atom is -0.204 e. The molecule has 0 aliphatic rings. The molecule has 1 rings (SSSR count). The van der Waals surface area contributed by atoms with E-state index >= 15 is 0 Å². The monoisotopic (exact) mass is 210 g/mol. The SMILES string of the molecule is CSc1c(Cl)ccc(Cl)c1F. The first-order valence-corrected chi connectivity index (χ1v) is 4.82. The molecule has 0 N–H and O–H groups in total. The Morgan fingerprint density at radius 2 is 1.82 bits per heavy atom. The molecule has 1 aromatic rings. The molecule has 0 saturated carbocycles. The summed E-state index contributed by atoms with van der Waals surface area (Å²) in [6, 6.07) is 3.03. The highest BCUT2D eigenvalue weighted by atomic mass is 35.5. The Kier molecular flexibility index (Phi) is 3.05. The van der Waals surface area contributed by atoms with Gasteiger partial charge in [0.05, 0.1) is 14.9 Å². The van der Waals surface area contributed by atoms with E-state index in [2.05, 4.69) is 0 Å². The van der Waals surface area contributed by atoms with Gasteiger partial charge in [-0.15, -0.1) is 11.8 Å². The van der Waals surface area contributed by atoms with Gasteiger partial charge in [-0.3, -0.25) is 0 Å². The van der Waals surface area contributed by atoms with Crippen molar-refractivity contribution in [1.82, 2.24) is 0 Å². The Morgan fingerprint density at radius 1 is 1.27 bits per heavy atom. The maximum Gasteiger partial charge on any atom is 0.156 e. The molecule has 60 valence electrons. The number of hydrogen-bond donors (Lipinski definition) is 0. The number of thioether (sulfide) groups is 1. The van der Waals surface area contributed by atoms with Crippen LogP contribution in [0.4, 0.5) is 4.39 Å². The Balaban J connectivity index is 3.29. The average molecular weight is 211 g/mol. The zero-order chi connectivity index (χ0) is 8.43. The first-order chi connectivity index (χ1) is 5.16. The van der Waals surface area contributed by atoms with Crippen molar-refractivity contribution >= 4 is 35.0 Å². The van der Waals surface area contributed by atoms with Crippen molar-refractivity contribution in [3.05, 3.63) is 28.0 Å². The molecule has 0 aromatic heterocycles. The largest absolute Gasteiger partial charge is 0.204 e. The fourth-order valence-corrected chi connectivity index (χ4v) is 1.84. The third kappa shape index (κ3) is 1.81. The second-order valence-electron chi connectivity index (χ2n) is 1.88. The van der Waals surface area contributed by atoms with Gasteiger partial charge in [-0.2, -0.15) is 0 Å². The lowest BCUT2D eigenvalue weighted by molar-refractivity contribution is 0.603. The van der Waals surface area contributed by atoms with Crippen LogP contribution >= 0.6 is 35.0 Å². The standard InChI is InChI=1S/C7H5Cl2FS/c1-11-7-5(9)3-2-4(8)6(7)10/h2-3H,1H3. The molecule has 4 heteroatoms. The van der Waals surface area contributed by atoms with E-state index in [1.54, 1.807) is 12.3 Å². The summed E-state index contributed by atoms with van der Waals surface area (Å²) < 4.78 is 13.0. The smallest absolute Gasteiger partial charge is 0.156 e. The lowest BCUT2D eigenvalue weighted by Gasteiger charge is -2.02. The molecule has 0 bridgehead atoms. The number of rotatable bonds is 1. The Labute approximate surface area is 78.7 Å². The van der Waals surface area contributed by atoms with E-state index in [1.807, 2.05) is 0 Å². The van der Waals surface area contributed by atoms with Gasteiger partial charge < -0.3 is 0 Å². The van der Waals surface area contributed by atoms with Gasteiger partial charge in [-0.1, -0.05) is 23.2 Å². The van der Waals surface area contributed by atoms with Crippen LogP contribution in [0.2, 0.25) is 10.0 Å². The van der Waals surface area contributed by atoms with E-state index in [9.17, 15) is 4.39 Å². The van der Waals surface area contributed by atoms with E-state index in [4.69, 9.17) is 23.2 Å². The molecule has 0 spiro atoms. The summed E-state index contributed by atoms with van der Waals surface area (Å²) in [5, 5.41) is 0.512. The van der Waals surface area contributed by atoms with Gasteiger partial charge >= 0.3 is 0 Å². The van der Waals surface area contributed by atoms with Gasteiger partial charge in [-0.05, 0) is 18.4 Å². The van der Waals surface area contributed by atoms with Crippen LogP contribution in [-0.2, 0) is 0 Å². The lowest BCUT2D eigenvalue weighted by atomic mass is 10.3. The van der Waals surface area contributed by atoms with Crippen molar-refractivity contribution in [2.24, 2.45) is 0 Å². The fraction of sp³-hybridized carbons (Fsp3) is 0.143. The second-order valence-corrected chi connectivity index (χ2v) is 3.51. The van der Waals surface area contributed by atoms with Gasteiger partial charge in [0.1, 0.15) is 0 Å². The summed E-state index contributed by atoms with van der Waals surface area (Å²) >= 11 is 12.4. The zero-order valence-corrected chi connectivity index (χ0v) is 8.03. The van der Waals surface area contributed by atoms with Crippen LogP contribution in [0.3, 0.4) is 0 Å². The predicted molar refractivity (Wildman–Crippen MR) is 48.2 cm³/mol. The molecule has 0 nitrogen and oxygen atoms in total. The highest BCUT2D eigenvalue weighted by Gasteiger charge is 2.08. The van der Waals surface area contributed by atoms with Crippen molar-refractivity contribution in [2.45, 2.75) is 4.90 Å². The lowest BCUT2D eigenvalue weighted by Crippen LogP contribution is -1.82. The molecule has 11 heavy (non-hydrogen) atoms. The Morgan fingerprint density at radius 3 is 2.27 bits per heavy atom. The first-order valence-electron chi connectivity index (χ1n) is 2.84. The van der Waals surface area contributed by atoms with Gasteiger partial charge in [0.15, 0.2) is 5.82 Å². The summed E-state index contributed by atoms with van der Waals surface area (Å²) in [5.41, 5.74) is 0. The van der Waals surface area contributed by atoms with Crippen molar-refractivity contribution in [2.75, 3.05) is 6.26 Å². The van der Waals surface area contributed by atoms with Crippen LogP contribution in [0, 0.1) is 5.82 Å². The van der Waals surface area contributed by atoms with E-state index in [-0.39, 0.29) is 5.02 Å². The minimum absolute atomic E-state index is 0.110. The van der Waals surface area contributed by atoms with Gasteiger partial charge in [0.25, 0.3) is 0 Å². The summed E-state index contributed by atoms with van der Waals surface area (Å²) in [5.74, 6) is -0.438. The van der Waals surface area contributed by atoms with E-state index in [1.165, 1.54) is 17.8 Å². The summed E-state index contributed by atoms with van der Waals surface area (Å²) in [6.45, 7) is 0. The van der Waals surface area contributed by atoms with Gasteiger partial charge in [-0.25, -0.2) is 4.39 Å². The van der Waals surface area contributed by atoms with Gasteiger partial charge in [0.2, 0.25) is 0 Å². The number of halogens is 3. The molecule has 1 aromatic carbocycles. The van der Waals surface area contributed by atoms with Crippen LogP contribution in [0.5, 0.6) is 0 Å². The molecular weight excluding hydrogens is 206 g/mol. The maximum atomic E-state index is 13.0. The van der Waals surface area contributed by atoms with Crippen molar-refractivity contribution < 1.29 is 4.39 Å². The molecule has 0 atom stereocenters. The highest BCUT2D eigenvalue weighted by molar-refractivity contribution is 7.98. The quantitative estimate of drug-likeness (QED) is 0.502. The van der Waals surface area contributed by atoms with Crippen LogP contribution in [-0.4, -0.2) is 6.26 Å². The molecule has 0 amide bonds. The molecule has 0 unspecified atom stereocenters. The third-order valence-electron chi connectivity index (χ3n) is 1.21. The van der Waals surface area contributed by atoms with E-state index in [0.29, 0.717) is 9.92 Å².